The zero-order valence-electron chi connectivity index (χ0n) is 21.1. The van der Waals surface area contributed by atoms with E-state index in [1.807, 2.05) is 55.7 Å². The Balaban J connectivity index is 1.58. The van der Waals surface area contributed by atoms with Gasteiger partial charge in [-0.25, -0.2) is 4.79 Å². The first kappa shape index (κ1) is 24.8. The number of aromatic nitrogens is 1. The van der Waals surface area contributed by atoms with Gasteiger partial charge >= 0.3 is 5.97 Å². The van der Waals surface area contributed by atoms with Crippen molar-refractivity contribution in [2.24, 2.45) is 0 Å². The third kappa shape index (κ3) is 4.89. The zero-order chi connectivity index (χ0) is 25.8. The number of carbonyl (C=O) groups is 2. The highest BCUT2D eigenvalue weighted by Crippen LogP contribution is 2.26. The Morgan fingerprint density at radius 1 is 0.972 bits per heavy atom. The van der Waals surface area contributed by atoms with Gasteiger partial charge in [-0.15, -0.1) is 0 Å². The summed E-state index contributed by atoms with van der Waals surface area (Å²) in [6.07, 6.45) is 1.67. The largest absolute Gasteiger partial charge is 0.465 e. The number of hydrogen-bond acceptors (Lipinski definition) is 5. The number of carbonyl (C=O) groups excluding carboxylic acids is 2. The smallest absolute Gasteiger partial charge is 0.337 e. The van der Waals surface area contributed by atoms with Crippen molar-refractivity contribution in [2.75, 3.05) is 38.2 Å². The summed E-state index contributed by atoms with van der Waals surface area (Å²) in [5, 5.41) is 9.84. The van der Waals surface area contributed by atoms with Crippen LogP contribution in [0.5, 0.6) is 0 Å². The maximum Gasteiger partial charge on any atom is 0.337 e. The Morgan fingerprint density at radius 3 is 2.31 bits per heavy atom. The van der Waals surface area contributed by atoms with Crippen molar-refractivity contribution in [3.8, 4) is 11.8 Å². The molecule has 0 atom stereocenters. The van der Waals surface area contributed by atoms with Crippen LogP contribution in [0.15, 0.2) is 60.2 Å². The lowest BCUT2D eigenvalue weighted by molar-refractivity contribution is -0.126. The molecular weight excluding hydrogens is 452 g/mol. The number of ether oxygens (including phenoxy) is 1. The predicted octanol–water partition coefficient (Wildman–Crippen LogP) is 4.44. The number of hydrogen-bond donors (Lipinski definition) is 0. The molecule has 1 aliphatic heterocycles. The van der Waals surface area contributed by atoms with Crippen LogP contribution in [0.1, 0.15) is 32.9 Å². The first-order valence-electron chi connectivity index (χ1n) is 11.9. The molecule has 2 aromatic carbocycles. The van der Waals surface area contributed by atoms with E-state index in [0.717, 1.165) is 47.0 Å². The van der Waals surface area contributed by atoms with Crippen LogP contribution in [0.2, 0.25) is 0 Å². The average Bonchev–Trinajstić information content (AvgIpc) is 3.19. The van der Waals surface area contributed by atoms with Gasteiger partial charge in [-0.1, -0.05) is 24.3 Å². The molecule has 1 saturated heterocycles. The van der Waals surface area contributed by atoms with Gasteiger partial charge in [0.15, 0.2) is 0 Å². The Morgan fingerprint density at radius 2 is 1.67 bits per heavy atom. The van der Waals surface area contributed by atoms with Gasteiger partial charge in [0.25, 0.3) is 5.91 Å². The van der Waals surface area contributed by atoms with E-state index in [2.05, 4.69) is 23.1 Å². The number of para-hydroxylation sites is 1. The highest BCUT2D eigenvalue weighted by molar-refractivity contribution is 6.02. The fourth-order valence-electron chi connectivity index (χ4n) is 4.67. The summed E-state index contributed by atoms with van der Waals surface area (Å²) in [5.74, 6) is -0.651. The second kappa shape index (κ2) is 10.5. The van der Waals surface area contributed by atoms with E-state index in [0.29, 0.717) is 18.7 Å². The first-order chi connectivity index (χ1) is 17.3. The van der Waals surface area contributed by atoms with E-state index in [1.165, 1.54) is 7.11 Å². The van der Waals surface area contributed by atoms with Crippen molar-refractivity contribution in [1.29, 1.82) is 5.26 Å². The van der Waals surface area contributed by atoms with Crippen molar-refractivity contribution in [3.05, 3.63) is 88.2 Å². The number of esters is 1. The van der Waals surface area contributed by atoms with E-state index in [-0.39, 0.29) is 11.5 Å². The van der Waals surface area contributed by atoms with Gasteiger partial charge in [-0.3, -0.25) is 4.79 Å². The molecule has 1 aromatic heterocycles. The number of piperazine rings is 1. The van der Waals surface area contributed by atoms with Gasteiger partial charge in [0.05, 0.1) is 12.7 Å². The summed E-state index contributed by atoms with van der Waals surface area (Å²) in [6.45, 7) is 8.45. The zero-order valence-corrected chi connectivity index (χ0v) is 21.1. The molecule has 7 heteroatoms. The average molecular weight is 483 g/mol. The minimum absolute atomic E-state index is 0.114. The molecule has 0 unspecified atom stereocenters. The summed E-state index contributed by atoms with van der Waals surface area (Å²) >= 11 is 0. The Bertz CT molecular complexity index is 1360. The first-order valence-corrected chi connectivity index (χ1v) is 11.9. The van der Waals surface area contributed by atoms with Crippen molar-refractivity contribution >= 4 is 23.6 Å². The second-order valence-electron chi connectivity index (χ2n) is 8.94. The number of benzene rings is 2. The molecule has 2 heterocycles. The fraction of sp³-hybridized carbons (Fsp3) is 0.276. The van der Waals surface area contributed by atoms with Gasteiger partial charge < -0.3 is 19.1 Å². The Labute approximate surface area is 211 Å². The summed E-state index contributed by atoms with van der Waals surface area (Å²) in [6, 6.07) is 19.6. The lowest BCUT2D eigenvalue weighted by Crippen LogP contribution is -2.49. The highest BCUT2D eigenvalue weighted by Gasteiger charge is 2.24. The fourth-order valence-corrected chi connectivity index (χ4v) is 4.67. The summed E-state index contributed by atoms with van der Waals surface area (Å²) in [5.41, 5.74) is 6.18. The Kier molecular flexibility index (Phi) is 7.25. The standard InChI is InChI=1S/C29H30N4O3/c1-20-10-11-23(29(35)36-4)18-27(20)33-21(2)16-24(22(33)3)17-25(19-30)28(34)32-14-12-31(13-15-32)26-8-6-5-7-9-26/h5-11,16-18H,12-15H2,1-4H3/b25-17-. The molecule has 0 saturated carbocycles. The van der Waals surface area contributed by atoms with E-state index in [4.69, 9.17) is 4.74 Å². The molecule has 1 amide bonds. The minimum Gasteiger partial charge on any atom is -0.465 e. The van der Waals surface area contributed by atoms with E-state index in [1.54, 1.807) is 23.1 Å². The molecular formula is C29H30N4O3. The van der Waals surface area contributed by atoms with Crippen LogP contribution >= 0.6 is 0 Å². The monoisotopic (exact) mass is 482 g/mol. The molecule has 0 N–H and O–H groups in total. The third-order valence-electron chi connectivity index (χ3n) is 6.68. The van der Waals surface area contributed by atoms with Crippen LogP contribution in [0.25, 0.3) is 11.8 Å². The Hall–Kier alpha value is -4.31. The van der Waals surface area contributed by atoms with Crippen LogP contribution < -0.4 is 4.90 Å². The van der Waals surface area contributed by atoms with Crippen LogP contribution in [-0.2, 0) is 9.53 Å². The molecule has 0 radical (unpaired) electrons. The number of anilines is 1. The molecule has 184 valence electrons. The topological polar surface area (TPSA) is 78.6 Å². The molecule has 7 nitrogen and oxygen atoms in total. The summed E-state index contributed by atoms with van der Waals surface area (Å²) in [4.78, 5) is 29.3. The van der Waals surface area contributed by atoms with Crippen molar-refractivity contribution in [1.82, 2.24) is 9.47 Å². The van der Waals surface area contributed by atoms with Crippen LogP contribution in [-0.4, -0.2) is 54.6 Å². The van der Waals surface area contributed by atoms with Gasteiger partial charge in [0, 0.05) is 48.9 Å². The number of nitriles is 1. The number of amides is 1. The normalized spacial score (nSPS) is 13.9. The summed E-state index contributed by atoms with van der Waals surface area (Å²) < 4.78 is 6.91. The maximum absolute atomic E-state index is 13.2. The van der Waals surface area contributed by atoms with Gasteiger partial charge in [0.1, 0.15) is 11.6 Å². The molecule has 0 aliphatic carbocycles. The minimum atomic E-state index is -0.399. The van der Waals surface area contributed by atoms with Gasteiger partial charge in [-0.05, 0) is 68.3 Å². The predicted molar refractivity (Wildman–Crippen MR) is 140 cm³/mol. The van der Waals surface area contributed by atoms with Crippen LogP contribution in [0.3, 0.4) is 0 Å². The highest BCUT2D eigenvalue weighted by atomic mass is 16.5. The molecule has 3 aromatic rings. The van der Waals surface area contributed by atoms with Crippen LogP contribution in [0.4, 0.5) is 5.69 Å². The molecule has 36 heavy (non-hydrogen) atoms. The van der Waals surface area contributed by atoms with Crippen LogP contribution in [0, 0.1) is 32.1 Å². The second-order valence-corrected chi connectivity index (χ2v) is 8.94. The van der Waals surface area contributed by atoms with E-state index >= 15 is 0 Å². The maximum atomic E-state index is 13.2. The third-order valence-corrected chi connectivity index (χ3v) is 6.68. The van der Waals surface area contributed by atoms with Crippen molar-refractivity contribution in [3.63, 3.8) is 0 Å². The van der Waals surface area contributed by atoms with Crippen molar-refractivity contribution in [2.45, 2.75) is 20.8 Å². The van der Waals surface area contributed by atoms with Gasteiger partial charge in [-0.2, -0.15) is 5.26 Å². The number of aryl methyl sites for hydroxylation is 2. The number of methoxy groups -OCH3 is 1. The molecule has 1 fully saturated rings. The van der Waals surface area contributed by atoms with E-state index < -0.39 is 5.97 Å². The number of rotatable bonds is 5. The molecule has 1 aliphatic rings. The lowest BCUT2D eigenvalue weighted by atomic mass is 10.1. The lowest BCUT2D eigenvalue weighted by Gasteiger charge is -2.36. The van der Waals surface area contributed by atoms with E-state index in [9.17, 15) is 14.9 Å². The van der Waals surface area contributed by atoms with Crippen molar-refractivity contribution < 1.29 is 14.3 Å². The SMILES string of the molecule is COC(=O)c1ccc(C)c(-n2c(C)cc(/C=C(/C#N)C(=O)N3CCN(c4ccccc4)CC3)c2C)c1. The quantitative estimate of drug-likeness (QED) is 0.305. The molecule has 0 bridgehead atoms. The molecule has 0 spiro atoms. The molecule has 4 rings (SSSR count). The van der Waals surface area contributed by atoms with Gasteiger partial charge in [0.2, 0.25) is 0 Å². The number of nitrogens with zero attached hydrogens (tertiary/aromatic N) is 4. The summed E-state index contributed by atoms with van der Waals surface area (Å²) in [7, 11) is 1.36.